The zero-order valence-corrected chi connectivity index (χ0v) is 17.9. The lowest BCUT2D eigenvalue weighted by Gasteiger charge is -2.10. The van der Waals surface area contributed by atoms with Crippen LogP contribution in [0, 0.1) is 0 Å². The molecule has 0 spiro atoms. The molecule has 3 aromatic rings. The van der Waals surface area contributed by atoms with Gasteiger partial charge in [0.05, 0.1) is 21.5 Å². The molecule has 4 rings (SSSR count). The molecule has 8 nitrogen and oxygen atoms in total. The van der Waals surface area contributed by atoms with Gasteiger partial charge in [-0.2, -0.15) is 0 Å². The van der Waals surface area contributed by atoms with E-state index in [-0.39, 0.29) is 27.4 Å². The van der Waals surface area contributed by atoms with Crippen molar-refractivity contribution in [2.45, 2.75) is 30.8 Å². The largest absolute Gasteiger partial charge is 0.345 e. The first-order valence-corrected chi connectivity index (χ1v) is 11.3. The second kappa shape index (κ2) is 8.25. The van der Waals surface area contributed by atoms with Crippen LogP contribution in [0.4, 0.5) is 5.69 Å². The van der Waals surface area contributed by atoms with E-state index in [2.05, 4.69) is 20.2 Å². The molecule has 11 heteroatoms. The highest BCUT2D eigenvalue weighted by Crippen LogP contribution is 2.26. The SMILES string of the molecule is O=C(NCc1nnc2n1CCC2)c1ccc(NS(=O)(=O)c2ccc(Cl)c(Cl)c2)cc1. The lowest BCUT2D eigenvalue weighted by Crippen LogP contribution is -2.24. The summed E-state index contributed by atoms with van der Waals surface area (Å²) in [4.78, 5) is 12.4. The molecule has 30 heavy (non-hydrogen) atoms. The molecule has 1 aliphatic rings. The molecule has 0 unspecified atom stereocenters. The number of amides is 1. The summed E-state index contributed by atoms with van der Waals surface area (Å²) >= 11 is 11.7. The van der Waals surface area contributed by atoms with Gasteiger partial charge in [0.2, 0.25) is 0 Å². The number of fused-ring (bicyclic) bond motifs is 1. The van der Waals surface area contributed by atoms with Crippen LogP contribution in [0.2, 0.25) is 10.0 Å². The molecule has 2 heterocycles. The van der Waals surface area contributed by atoms with Crippen molar-refractivity contribution < 1.29 is 13.2 Å². The zero-order valence-electron chi connectivity index (χ0n) is 15.6. The minimum Gasteiger partial charge on any atom is -0.345 e. The van der Waals surface area contributed by atoms with Crippen LogP contribution in [0.3, 0.4) is 0 Å². The number of hydrogen-bond acceptors (Lipinski definition) is 5. The minimum atomic E-state index is -3.84. The number of nitrogens with one attached hydrogen (secondary N) is 2. The quantitative estimate of drug-likeness (QED) is 0.580. The Morgan fingerprint density at radius 3 is 2.57 bits per heavy atom. The lowest BCUT2D eigenvalue weighted by molar-refractivity contribution is 0.0949. The van der Waals surface area contributed by atoms with Gasteiger partial charge in [-0.15, -0.1) is 10.2 Å². The highest BCUT2D eigenvalue weighted by molar-refractivity contribution is 7.92. The van der Waals surface area contributed by atoms with Gasteiger partial charge in [0, 0.05) is 24.2 Å². The van der Waals surface area contributed by atoms with Crippen LogP contribution in [-0.2, 0) is 29.5 Å². The van der Waals surface area contributed by atoms with Gasteiger partial charge in [-0.3, -0.25) is 9.52 Å². The Kier molecular flexibility index (Phi) is 5.68. The highest BCUT2D eigenvalue weighted by atomic mass is 35.5. The molecular weight excluding hydrogens is 449 g/mol. The maximum absolute atomic E-state index is 12.5. The monoisotopic (exact) mass is 465 g/mol. The number of sulfonamides is 1. The predicted octanol–water partition coefficient (Wildman–Crippen LogP) is 3.26. The highest BCUT2D eigenvalue weighted by Gasteiger charge is 2.18. The van der Waals surface area contributed by atoms with E-state index >= 15 is 0 Å². The van der Waals surface area contributed by atoms with Crippen LogP contribution >= 0.6 is 23.2 Å². The number of anilines is 1. The number of benzene rings is 2. The third kappa shape index (κ3) is 4.28. The molecule has 0 atom stereocenters. The van der Waals surface area contributed by atoms with E-state index in [9.17, 15) is 13.2 Å². The Morgan fingerprint density at radius 2 is 1.83 bits per heavy atom. The van der Waals surface area contributed by atoms with Crippen molar-refractivity contribution in [1.82, 2.24) is 20.1 Å². The van der Waals surface area contributed by atoms with Crippen molar-refractivity contribution >= 4 is 44.8 Å². The Labute approximate surface area is 183 Å². The molecule has 2 aromatic carbocycles. The zero-order chi connectivity index (χ0) is 21.3. The molecule has 156 valence electrons. The molecule has 0 aliphatic carbocycles. The summed E-state index contributed by atoms with van der Waals surface area (Å²) in [6, 6.07) is 10.1. The van der Waals surface area contributed by atoms with Gasteiger partial charge in [-0.25, -0.2) is 8.42 Å². The van der Waals surface area contributed by atoms with Crippen molar-refractivity contribution in [3.05, 3.63) is 69.7 Å². The molecule has 0 fully saturated rings. The van der Waals surface area contributed by atoms with Crippen LogP contribution in [0.5, 0.6) is 0 Å². The molecule has 2 N–H and O–H groups in total. The van der Waals surface area contributed by atoms with Crippen molar-refractivity contribution in [3.8, 4) is 0 Å². The number of aromatic nitrogens is 3. The van der Waals surface area contributed by atoms with Crippen LogP contribution in [0.15, 0.2) is 47.4 Å². The van der Waals surface area contributed by atoms with E-state index in [0.29, 0.717) is 11.3 Å². The summed E-state index contributed by atoms with van der Waals surface area (Å²) in [6.45, 7) is 1.14. The Bertz CT molecular complexity index is 1210. The number of halogens is 2. The van der Waals surface area contributed by atoms with Crippen molar-refractivity contribution in [3.63, 3.8) is 0 Å². The molecule has 0 saturated carbocycles. The van der Waals surface area contributed by atoms with Gasteiger partial charge >= 0.3 is 0 Å². The second-order valence-electron chi connectivity index (χ2n) is 6.73. The standard InChI is InChI=1S/C19H17Cl2N5O3S/c20-15-8-7-14(10-16(15)21)30(28,29)25-13-5-3-12(4-6-13)19(27)22-11-18-24-23-17-2-1-9-26(17)18/h3-8,10,25H,1-2,9,11H2,(H,22,27). The number of carbonyl (C=O) groups excluding carboxylic acids is 1. The van der Waals surface area contributed by atoms with E-state index in [1.807, 2.05) is 4.57 Å². The number of hydrogen-bond donors (Lipinski definition) is 2. The van der Waals surface area contributed by atoms with Crippen molar-refractivity contribution in [1.29, 1.82) is 0 Å². The van der Waals surface area contributed by atoms with Crippen LogP contribution in [0.1, 0.15) is 28.4 Å². The van der Waals surface area contributed by atoms with Gasteiger partial charge in [-0.05, 0) is 48.9 Å². The van der Waals surface area contributed by atoms with Crippen LogP contribution < -0.4 is 10.0 Å². The number of aryl methyl sites for hydroxylation is 1. The van der Waals surface area contributed by atoms with E-state index in [1.165, 1.54) is 42.5 Å². The maximum Gasteiger partial charge on any atom is 0.261 e. The average Bonchev–Trinajstić information content (AvgIpc) is 3.32. The number of carbonyl (C=O) groups is 1. The molecule has 1 aromatic heterocycles. The molecule has 0 bridgehead atoms. The summed E-state index contributed by atoms with van der Waals surface area (Å²) in [5.74, 6) is 1.38. The number of rotatable bonds is 6. The Morgan fingerprint density at radius 1 is 1.07 bits per heavy atom. The first-order chi connectivity index (χ1) is 14.3. The maximum atomic E-state index is 12.5. The van der Waals surface area contributed by atoms with Gasteiger partial charge < -0.3 is 9.88 Å². The summed E-state index contributed by atoms with van der Waals surface area (Å²) in [5.41, 5.74) is 0.710. The first kappa shape index (κ1) is 20.6. The third-order valence-corrected chi connectivity index (χ3v) is 6.81. The Balaban J connectivity index is 1.40. The van der Waals surface area contributed by atoms with Crippen LogP contribution in [-0.4, -0.2) is 29.1 Å². The lowest BCUT2D eigenvalue weighted by atomic mass is 10.2. The Hall–Kier alpha value is -2.62. The van der Waals surface area contributed by atoms with Gasteiger partial charge in [0.15, 0.2) is 5.82 Å². The predicted molar refractivity (Wildman–Crippen MR) is 113 cm³/mol. The average molecular weight is 466 g/mol. The second-order valence-corrected chi connectivity index (χ2v) is 9.23. The van der Waals surface area contributed by atoms with Crippen molar-refractivity contribution in [2.24, 2.45) is 0 Å². The van der Waals surface area contributed by atoms with E-state index in [4.69, 9.17) is 23.2 Å². The van der Waals surface area contributed by atoms with Gasteiger partial charge in [-0.1, -0.05) is 23.2 Å². The number of nitrogens with zero attached hydrogens (tertiary/aromatic N) is 3. The fourth-order valence-corrected chi connectivity index (χ4v) is 4.60. The fourth-order valence-electron chi connectivity index (χ4n) is 3.15. The summed E-state index contributed by atoms with van der Waals surface area (Å²) in [7, 11) is -3.84. The summed E-state index contributed by atoms with van der Waals surface area (Å²) in [6.07, 6.45) is 1.94. The summed E-state index contributed by atoms with van der Waals surface area (Å²) < 4.78 is 29.5. The van der Waals surface area contributed by atoms with E-state index in [1.54, 1.807) is 0 Å². The van der Waals surface area contributed by atoms with Gasteiger partial charge in [0.25, 0.3) is 15.9 Å². The third-order valence-electron chi connectivity index (χ3n) is 4.69. The minimum absolute atomic E-state index is 0.0143. The van der Waals surface area contributed by atoms with Gasteiger partial charge in [0.1, 0.15) is 5.82 Å². The fraction of sp³-hybridized carbons (Fsp3) is 0.211. The normalized spacial score (nSPS) is 13.1. The molecule has 0 saturated heterocycles. The van der Waals surface area contributed by atoms with Crippen molar-refractivity contribution in [2.75, 3.05) is 4.72 Å². The van der Waals surface area contributed by atoms with E-state index < -0.39 is 10.0 Å². The van der Waals surface area contributed by atoms with E-state index in [0.717, 1.165) is 31.0 Å². The molecule has 0 radical (unpaired) electrons. The molecular formula is C19H17Cl2N5O3S. The summed E-state index contributed by atoms with van der Waals surface area (Å²) in [5, 5.41) is 11.4. The van der Waals surface area contributed by atoms with Crippen LogP contribution in [0.25, 0.3) is 0 Å². The topological polar surface area (TPSA) is 106 Å². The first-order valence-electron chi connectivity index (χ1n) is 9.10. The smallest absolute Gasteiger partial charge is 0.261 e. The molecule has 1 amide bonds. The molecule has 1 aliphatic heterocycles.